The van der Waals surface area contributed by atoms with Crippen LogP contribution in [0.2, 0.25) is 0 Å². The van der Waals surface area contributed by atoms with Crippen molar-refractivity contribution >= 4 is 35.3 Å². The summed E-state index contributed by atoms with van der Waals surface area (Å²) in [5.74, 6) is -3.58. The van der Waals surface area contributed by atoms with Gasteiger partial charge in [0.25, 0.3) is 5.91 Å². The number of allylic oxidation sites excluding steroid dienone is 2. The second-order valence-corrected chi connectivity index (χ2v) is 9.19. The van der Waals surface area contributed by atoms with E-state index in [-0.39, 0.29) is 36.2 Å². The van der Waals surface area contributed by atoms with Gasteiger partial charge in [-0.1, -0.05) is 26.0 Å². The van der Waals surface area contributed by atoms with Crippen LogP contribution in [0.3, 0.4) is 0 Å². The van der Waals surface area contributed by atoms with Gasteiger partial charge in [-0.25, -0.2) is 9.59 Å². The lowest BCUT2D eigenvalue weighted by molar-refractivity contribution is -0.162. The summed E-state index contributed by atoms with van der Waals surface area (Å²) in [5.41, 5.74) is 0.759. The zero-order valence-corrected chi connectivity index (χ0v) is 19.4. The standard InChI is InChI=1S/C25H28N2O7/c1-4-33-24(31)14-7-9-17(10-8-14)26-18(28)12-34-25(32)21(13(2)3)27-22(29)19-15-5-6-16(11-15)20(19)23(27)30/h5-10,13,15-16,19-21H,4,11-12H2,1-3H3,(H,26,28)/t15-,16-,19-,20-,21-/m0/s1. The van der Waals surface area contributed by atoms with E-state index in [4.69, 9.17) is 9.47 Å². The van der Waals surface area contributed by atoms with Crippen molar-refractivity contribution in [2.75, 3.05) is 18.5 Å². The Morgan fingerprint density at radius 3 is 2.12 bits per heavy atom. The van der Waals surface area contributed by atoms with E-state index in [0.29, 0.717) is 11.3 Å². The highest BCUT2D eigenvalue weighted by atomic mass is 16.5. The average molecular weight is 469 g/mol. The fraction of sp³-hybridized carbons (Fsp3) is 0.480. The van der Waals surface area contributed by atoms with Crippen LogP contribution < -0.4 is 5.32 Å². The lowest BCUT2D eigenvalue weighted by Crippen LogP contribution is -2.50. The second kappa shape index (κ2) is 9.40. The first-order chi connectivity index (χ1) is 16.2. The van der Waals surface area contributed by atoms with Crippen LogP contribution in [0.1, 0.15) is 37.6 Å². The molecule has 2 bridgehead atoms. The fourth-order valence-corrected chi connectivity index (χ4v) is 5.20. The van der Waals surface area contributed by atoms with E-state index >= 15 is 0 Å². The Kier molecular flexibility index (Phi) is 6.54. The van der Waals surface area contributed by atoms with E-state index in [9.17, 15) is 24.0 Å². The first-order valence-corrected chi connectivity index (χ1v) is 11.5. The number of hydrogen-bond acceptors (Lipinski definition) is 7. The molecule has 0 spiro atoms. The molecule has 1 saturated heterocycles. The molecule has 9 heteroatoms. The van der Waals surface area contributed by atoms with Crippen LogP contribution in [0.5, 0.6) is 0 Å². The number of ether oxygens (including phenoxy) is 2. The number of hydrogen-bond donors (Lipinski definition) is 1. The Hall–Kier alpha value is -3.49. The minimum atomic E-state index is -1.08. The largest absolute Gasteiger partial charge is 0.462 e. The van der Waals surface area contributed by atoms with Gasteiger partial charge < -0.3 is 14.8 Å². The molecule has 180 valence electrons. The normalized spacial score (nSPS) is 25.5. The molecule has 1 aliphatic heterocycles. The number of carbonyl (C=O) groups excluding carboxylic acids is 5. The number of benzene rings is 1. The van der Waals surface area contributed by atoms with Crippen molar-refractivity contribution in [3.63, 3.8) is 0 Å². The molecule has 1 aromatic carbocycles. The van der Waals surface area contributed by atoms with E-state index in [0.717, 1.165) is 11.3 Å². The molecule has 0 unspecified atom stereocenters. The fourth-order valence-electron chi connectivity index (χ4n) is 5.20. The number of esters is 2. The maximum Gasteiger partial charge on any atom is 0.338 e. The summed E-state index contributed by atoms with van der Waals surface area (Å²) >= 11 is 0. The number of likely N-dealkylation sites (tertiary alicyclic amines) is 1. The quantitative estimate of drug-likeness (QED) is 0.353. The van der Waals surface area contributed by atoms with Crippen molar-refractivity contribution in [3.8, 4) is 0 Å². The molecule has 3 aliphatic rings. The molecule has 5 atom stereocenters. The molecule has 0 aromatic heterocycles. The topological polar surface area (TPSA) is 119 Å². The summed E-state index contributed by atoms with van der Waals surface area (Å²) in [7, 11) is 0. The molecule has 4 rings (SSSR count). The highest BCUT2D eigenvalue weighted by Crippen LogP contribution is 2.53. The molecule has 1 N–H and O–H groups in total. The molecule has 2 fully saturated rings. The van der Waals surface area contributed by atoms with Crippen molar-refractivity contribution in [2.24, 2.45) is 29.6 Å². The Labute approximate surface area is 197 Å². The van der Waals surface area contributed by atoms with Crippen LogP contribution >= 0.6 is 0 Å². The molecular weight excluding hydrogens is 440 g/mol. The number of nitrogens with zero attached hydrogens (tertiary/aromatic N) is 1. The molecule has 9 nitrogen and oxygen atoms in total. The van der Waals surface area contributed by atoms with Crippen LogP contribution in [0.25, 0.3) is 0 Å². The predicted octanol–water partition coefficient (Wildman–Crippen LogP) is 2.18. The summed E-state index contributed by atoms with van der Waals surface area (Å²) in [5, 5.41) is 2.58. The van der Waals surface area contributed by atoms with Gasteiger partial charge in [-0.15, -0.1) is 0 Å². The molecule has 1 heterocycles. The molecule has 1 aromatic rings. The molecule has 1 saturated carbocycles. The monoisotopic (exact) mass is 468 g/mol. The summed E-state index contributed by atoms with van der Waals surface area (Å²) in [4.78, 5) is 64.1. The zero-order chi connectivity index (χ0) is 24.6. The molecular formula is C25H28N2O7. The minimum absolute atomic E-state index is 0.0428. The zero-order valence-electron chi connectivity index (χ0n) is 19.4. The molecule has 34 heavy (non-hydrogen) atoms. The van der Waals surface area contributed by atoms with Crippen molar-refractivity contribution < 1.29 is 33.4 Å². The summed E-state index contributed by atoms with van der Waals surface area (Å²) < 4.78 is 10.1. The number of rotatable bonds is 8. The van der Waals surface area contributed by atoms with E-state index in [2.05, 4.69) is 5.32 Å². The van der Waals surface area contributed by atoms with Gasteiger partial charge in [-0.05, 0) is 55.4 Å². The highest BCUT2D eigenvalue weighted by molar-refractivity contribution is 6.09. The third kappa shape index (κ3) is 4.22. The summed E-state index contributed by atoms with van der Waals surface area (Å²) in [6, 6.07) is 5.01. The number of nitrogens with one attached hydrogen (secondary N) is 1. The number of imide groups is 1. The van der Waals surface area contributed by atoms with E-state index in [1.165, 1.54) is 24.3 Å². The van der Waals surface area contributed by atoms with Crippen LogP contribution in [-0.2, 0) is 28.7 Å². The number of anilines is 1. The van der Waals surface area contributed by atoms with Gasteiger partial charge in [-0.2, -0.15) is 0 Å². The van der Waals surface area contributed by atoms with Crippen LogP contribution in [0, 0.1) is 29.6 Å². The van der Waals surface area contributed by atoms with Gasteiger partial charge >= 0.3 is 11.9 Å². The minimum Gasteiger partial charge on any atom is -0.462 e. The first-order valence-electron chi connectivity index (χ1n) is 11.5. The van der Waals surface area contributed by atoms with Crippen LogP contribution in [0.4, 0.5) is 5.69 Å². The second-order valence-electron chi connectivity index (χ2n) is 9.19. The molecule has 2 aliphatic carbocycles. The number of fused-ring (bicyclic) bond motifs is 5. The van der Waals surface area contributed by atoms with Crippen molar-refractivity contribution in [2.45, 2.75) is 33.2 Å². The Morgan fingerprint density at radius 1 is 1.00 bits per heavy atom. The molecule has 3 amide bonds. The predicted molar refractivity (Wildman–Crippen MR) is 120 cm³/mol. The number of amides is 3. The maximum atomic E-state index is 13.1. The van der Waals surface area contributed by atoms with E-state index < -0.39 is 42.3 Å². The molecule has 0 radical (unpaired) electrons. The maximum absolute atomic E-state index is 13.1. The Bertz CT molecular complexity index is 1020. The van der Waals surface area contributed by atoms with E-state index in [1.807, 2.05) is 12.2 Å². The Morgan fingerprint density at radius 2 is 1.59 bits per heavy atom. The van der Waals surface area contributed by atoms with Gasteiger partial charge in [0.15, 0.2) is 6.61 Å². The van der Waals surface area contributed by atoms with Crippen LogP contribution in [0.15, 0.2) is 36.4 Å². The van der Waals surface area contributed by atoms with Crippen LogP contribution in [-0.4, -0.2) is 53.8 Å². The average Bonchev–Trinajstić information content (AvgIpc) is 3.48. The number of carbonyl (C=O) groups is 5. The SMILES string of the molecule is CCOC(=O)c1ccc(NC(=O)COC(=O)[C@H](C(C)C)N2C(=O)[C@@H]3[C@@H](C2=O)[C@H]2C=C[C@H]3C2)cc1. The van der Waals surface area contributed by atoms with Crippen molar-refractivity contribution in [1.82, 2.24) is 4.90 Å². The highest BCUT2D eigenvalue weighted by Gasteiger charge is 2.61. The smallest absolute Gasteiger partial charge is 0.338 e. The van der Waals surface area contributed by atoms with Gasteiger partial charge in [0, 0.05) is 5.69 Å². The van der Waals surface area contributed by atoms with Gasteiger partial charge in [-0.3, -0.25) is 19.3 Å². The first kappa shape index (κ1) is 23.7. The van der Waals surface area contributed by atoms with E-state index in [1.54, 1.807) is 20.8 Å². The Balaban J connectivity index is 1.36. The summed E-state index contributed by atoms with van der Waals surface area (Å²) in [6.07, 6.45) is 4.79. The van der Waals surface area contributed by atoms with Crippen molar-refractivity contribution in [3.05, 3.63) is 42.0 Å². The van der Waals surface area contributed by atoms with Crippen molar-refractivity contribution in [1.29, 1.82) is 0 Å². The third-order valence-electron chi connectivity index (χ3n) is 6.68. The van der Waals surface area contributed by atoms with Gasteiger partial charge in [0.2, 0.25) is 11.8 Å². The van der Waals surface area contributed by atoms with Gasteiger partial charge in [0.05, 0.1) is 24.0 Å². The lowest BCUT2D eigenvalue weighted by Gasteiger charge is -2.28. The summed E-state index contributed by atoms with van der Waals surface area (Å²) in [6.45, 7) is 4.86. The van der Waals surface area contributed by atoms with Gasteiger partial charge in [0.1, 0.15) is 6.04 Å². The third-order valence-corrected chi connectivity index (χ3v) is 6.68. The lowest BCUT2D eigenvalue weighted by atomic mass is 9.85.